The van der Waals surface area contributed by atoms with Gasteiger partial charge in [-0.15, -0.1) is 5.10 Å². The SMILES string of the molecule is C[C@@H]1CCCN(c2nn3c(=O)c(C(=O)NCc4ccc(Cl)cc4)cnc3s2)C1. The summed E-state index contributed by atoms with van der Waals surface area (Å²) >= 11 is 7.24. The van der Waals surface area contributed by atoms with E-state index in [1.807, 2.05) is 12.1 Å². The van der Waals surface area contributed by atoms with Crippen LogP contribution >= 0.6 is 22.9 Å². The molecule has 1 fully saturated rings. The smallest absolute Gasteiger partial charge is 0.288 e. The molecule has 1 aliphatic rings. The fourth-order valence-corrected chi connectivity index (χ4v) is 4.32. The number of amides is 1. The Morgan fingerprint density at radius 2 is 2.14 bits per heavy atom. The number of benzene rings is 1. The lowest BCUT2D eigenvalue weighted by atomic mass is 10.0. The largest absolute Gasteiger partial charge is 0.348 e. The highest BCUT2D eigenvalue weighted by molar-refractivity contribution is 7.20. The van der Waals surface area contributed by atoms with Gasteiger partial charge < -0.3 is 10.2 Å². The third-order valence-electron chi connectivity index (χ3n) is 4.81. The zero-order valence-electron chi connectivity index (χ0n) is 15.4. The third kappa shape index (κ3) is 3.88. The molecule has 4 rings (SSSR count). The summed E-state index contributed by atoms with van der Waals surface area (Å²) in [7, 11) is 0. The van der Waals surface area contributed by atoms with Crippen molar-refractivity contribution < 1.29 is 4.79 Å². The molecule has 3 heterocycles. The average molecular weight is 418 g/mol. The van der Waals surface area contributed by atoms with Crippen molar-refractivity contribution in [3.05, 3.63) is 57.0 Å². The number of carbonyl (C=O) groups excluding carboxylic acids is 1. The molecular weight excluding hydrogens is 398 g/mol. The van der Waals surface area contributed by atoms with Crippen molar-refractivity contribution in [2.24, 2.45) is 5.92 Å². The minimum atomic E-state index is -0.469. The predicted molar refractivity (Wildman–Crippen MR) is 110 cm³/mol. The summed E-state index contributed by atoms with van der Waals surface area (Å²) in [4.78, 5) is 32.2. The quantitative estimate of drug-likeness (QED) is 0.705. The summed E-state index contributed by atoms with van der Waals surface area (Å²) in [6.07, 6.45) is 3.64. The van der Waals surface area contributed by atoms with Crippen molar-refractivity contribution in [2.75, 3.05) is 18.0 Å². The predicted octanol–water partition coefficient (Wildman–Crippen LogP) is 2.97. The van der Waals surface area contributed by atoms with Crippen molar-refractivity contribution in [2.45, 2.75) is 26.3 Å². The van der Waals surface area contributed by atoms with Gasteiger partial charge in [-0.25, -0.2) is 4.98 Å². The molecule has 1 aromatic carbocycles. The van der Waals surface area contributed by atoms with Gasteiger partial charge in [0.15, 0.2) is 0 Å². The van der Waals surface area contributed by atoms with E-state index in [9.17, 15) is 9.59 Å². The topological polar surface area (TPSA) is 79.6 Å². The molecule has 1 aliphatic heterocycles. The Morgan fingerprint density at radius 3 is 2.89 bits per heavy atom. The van der Waals surface area contributed by atoms with E-state index in [-0.39, 0.29) is 5.56 Å². The van der Waals surface area contributed by atoms with Crippen LogP contribution in [-0.4, -0.2) is 33.6 Å². The van der Waals surface area contributed by atoms with Gasteiger partial charge in [-0.3, -0.25) is 9.59 Å². The van der Waals surface area contributed by atoms with Crippen molar-refractivity contribution >= 4 is 38.9 Å². The fraction of sp³-hybridized carbons (Fsp3) is 0.368. The van der Waals surface area contributed by atoms with E-state index in [0.717, 1.165) is 30.2 Å². The number of piperidine rings is 1. The lowest BCUT2D eigenvalue weighted by Gasteiger charge is -2.30. The van der Waals surface area contributed by atoms with Gasteiger partial charge in [-0.2, -0.15) is 4.52 Å². The second-order valence-electron chi connectivity index (χ2n) is 7.06. The summed E-state index contributed by atoms with van der Waals surface area (Å²) in [5.41, 5.74) is 0.420. The maximum atomic E-state index is 12.8. The molecule has 1 saturated heterocycles. The first-order valence-electron chi connectivity index (χ1n) is 9.18. The van der Waals surface area contributed by atoms with Crippen LogP contribution in [0.25, 0.3) is 4.96 Å². The highest BCUT2D eigenvalue weighted by atomic mass is 35.5. The van der Waals surface area contributed by atoms with Crippen LogP contribution < -0.4 is 15.8 Å². The molecule has 28 heavy (non-hydrogen) atoms. The van der Waals surface area contributed by atoms with Gasteiger partial charge in [0.05, 0.1) is 0 Å². The number of hydrogen-bond acceptors (Lipinski definition) is 6. The summed E-state index contributed by atoms with van der Waals surface area (Å²) in [6, 6.07) is 7.15. The van der Waals surface area contributed by atoms with Crippen LogP contribution in [0, 0.1) is 5.92 Å². The van der Waals surface area contributed by atoms with Gasteiger partial charge in [0.2, 0.25) is 10.1 Å². The number of nitrogens with one attached hydrogen (secondary N) is 1. The molecule has 0 spiro atoms. The number of aromatic nitrogens is 3. The van der Waals surface area contributed by atoms with Crippen LogP contribution in [-0.2, 0) is 6.54 Å². The first-order valence-corrected chi connectivity index (χ1v) is 10.4. The molecule has 146 valence electrons. The van der Waals surface area contributed by atoms with Crippen LogP contribution in [0.5, 0.6) is 0 Å². The summed E-state index contributed by atoms with van der Waals surface area (Å²) in [5.74, 6) is 0.127. The Kier molecular flexibility index (Phi) is 5.32. The molecule has 1 N–H and O–H groups in total. The number of fused-ring (bicyclic) bond motifs is 1. The normalized spacial score (nSPS) is 17.1. The third-order valence-corrected chi connectivity index (χ3v) is 6.05. The van der Waals surface area contributed by atoms with E-state index < -0.39 is 11.5 Å². The van der Waals surface area contributed by atoms with Crippen molar-refractivity contribution in [1.29, 1.82) is 0 Å². The number of halogens is 1. The molecule has 2 aromatic heterocycles. The van der Waals surface area contributed by atoms with Crippen molar-refractivity contribution in [3.8, 4) is 0 Å². The Hall–Kier alpha value is -2.45. The van der Waals surface area contributed by atoms with Crippen LogP contribution in [0.15, 0.2) is 35.3 Å². The minimum Gasteiger partial charge on any atom is -0.348 e. The van der Waals surface area contributed by atoms with Gasteiger partial charge in [0.1, 0.15) is 5.56 Å². The second-order valence-corrected chi connectivity index (χ2v) is 8.43. The lowest BCUT2D eigenvalue weighted by Crippen LogP contribution is -2.34. The number of rotatable bonds is 4. The number of carbonyl (C=O) groups is 1. The number of nitrogens with zero attached hydrogens (tertiary/aromatic N) is 4. The Labute approximate surface area is 171 Å². The van der Waals surface area contributed by atoms with E-state index in [2.05, 4.69) is 27.2 Å². The first-order chi connectivity index (χ1) is 13.5. The molecule has 1 amide bonds. The van der Waals surface area contributed by atoms with Gasteiger partial charge >= 0.3 is 0 Å². The molecule has 0 saturated carbocycles. The Bertz CT molecular complexity index is 1060. The first kappa shape index (κ1) is 18.9. The molecular formula is C19H20ClN5O2S. The standard InChI is InChI=1S/C19H20ClN5O2S/c1-12-3-2-8-24(11-12)19-23-25-17(27)15(10-22-18(25)28-19)16(26)21-9-13-4-6-14(20)7-5-13/h4-7,10,12H,2-3,8-9,11H2,1H3,(H,21,26)/t12-/m1/s1. The summed E-state index contributed by atoms with van der Waals surface area (Å²) < 4.78 is 1.23. The van der Waals surface area contributed by atoms with Crippen LogP contribution in [0.2, 0.25) is 5.02 Å². The van der Waals surface area contributed by atoms with Gasteiger partial charge in [0, 0.05) is 30.9 Å². The van der Waals surface area contributed by atoms with Crippen LogP contribution in [0.3, 0.4) is 0 Å². The van der Waals surface area contributed by atoms with E-state index in [1.54, 1.807) is 12.1 Å². The monoisotopic (exact) mass is 417 g/mol. The molecule has 0 bridgehead atoms. The van der Waals surface area contributed by atoms with E-state index in [1.165, 1.54) is 28.5 Å². The molecule has 1 atom stereocenters. The molecule has 3 aromatic rings. The zero-order chi connectivity index (χ0) is 19.7. The van der Waals surface area contributed by atoms with E-state index >= 15 is 0 Å². The fourth-order valence-electron chi connectivity index (χ4n) is 3.30. The molecule has 0 radical (unpaired) electrons. The second kappa shape index (κ2) is 7.89. The maximum Gasteiger partial charge on any atom is 0.288 e. The minimum absolute atomic E-state index is 0.0182. The zero-order valence-corrected chi connectivity index (χ0v) is 17.0. The molecule has 0 aliphatic carbocycles. The summed E-state index contributed by atoms with van der Waals surface area (Å²) in [6.45, 7) is 4.36. The van der Waals surface area contributed by atoms with Gasteiger partial charge in [-0.1, -0.05) is 42.0 Å². The number of hydrogen-bond donors (Lipinski definition) is 1. The highest BCUT2D eigenvalue weighted by Gasteiger charge is 2.22. The Morgan fingerprint density at radius 1 is 1.36 bits per heavy atom. The van der Waals surface area contributed by atoms with E-state index in [0.29, 0.717) is 22.4 Å². The maximum absolute atomic E-state index is 12.8. The summed E-state index contributed by atoms with van der Waals surface area (Å²) in [5, 5.41) is 8.58. The van der Waals surface area contributed by atoms with Crippen molar-refractivity contribution in [3.63, 3.8) is 0 Å². The average Bonchev–Trinajstić information content (AvgIpc) is 3.13. The molecule has 9 heteroatoms. The molecule has 7 nitrogen and oxygen atoms in total. The van der Waals surface area contributed by atoms with Gasteiger partial charge in [0.25, 0.3) is 11.5 Å². The lowest BCUT2D eigenvalue weighted by molar-refractivity contribution is 0.0948. The van der Waals surface area contributed by atoms with Gasteiger partial charge in [-0.05, 0) is 36.5 Å². The van der Waals surface area contributed by atoms with Crippen LogP contribution in [0.1, 0.15) is 35.7 Å². The number of anilines is 1. The highest BCUT2D eigenvalue weighted by Crippen LogP contribution is 2.26. The van der Waals surface area contributed by atoms with E-state index in [4.69, 9.17) is 11.6 Å². The molecule has 0 unspecified atom stereocenters. The van der Waals surface area contributed by atoms with Crippen molar-refractivity contribution in [1.82, 2.24) is 19.9 Å². The Balaban J connectivity index is 1.54. The van der Waals surface area contributed by atoms with Crippen LogP contribution in [0.4, 0.5) is 5.13 Å².